The predicted octanol–water partition coefficient (Wildman–Crippen LogP) is 1.72. The standard InChI is InChI=1S/C14H19BrN2O3/c1-10(2)20-9-13(18)16-6-7-17-14(19)11-4-3-5-12(15)8-11/h3-5,8,10H,6-7,9H2,1-2H3,(H,16,18)(H,17,19). The van der Waals surface area contributed by atoms with Crippen molar-refractivity contribution in [2.45, 2.75) is 20.0 Å². The summed E-state index contributed by atoms with van der Waals surface area (Å²) < 4.78 is 6.01. The topological polar surface area (TPSA) is 67.4 Å². The Bertz CT molecular complexity index is 463. The lowest BCUT2D eigenvalue weighted by Gasteiger charge is -2.09. The van der Waals surface area contributed by atoms with E-state index in [4.69, 9.17) is 4.74 Å². The average Bonchev–Trinajstić information content (AvgIpc) is 2.41. The molecule has 0 aliphatic rings. The molecule has 2 amide bonds. The number of hydrogen-bond acceptors (Lipinski definition) is 3. The molecule has 0 unspecified atom stereocenters. The maximum atomic E-state index is 11.8. The van der Waals surface area contributed by atoms with Crippen LogP contribution in [0.4, 0.5) is 0 Å². The fraction of sp³-hybridized carbons (Fsp3) is 0.429. The van der Waals surface area contributed by atoms with Gasteiger partial charge in [0.05, 0.1) is 6.10 Å². The monoisotopic (exact) mass is 342 g/mol. The van der Waals surface area contributed by atoms with Crippen molar-refractivity contribution < 1.29 is 14.3 Å². The van der Waals surface area contributed by atoms with Crippen LogP contribution in [0.3, 0.4) is 0 Å². The minimum absolute atomic E-state index is 0.0250. The van der Waals surface area contributed by atoms with Crippen molar-refractivity contribution in [3.8, 4) is 0 Å². The van der Waals surface area contributed by atoms with Crippen molar-refractivity contribution in [2.75, 3.05) is 19.7 Å². The van der Waals surface area contributed by atoms with Gasteiger partial charge >= 0.3 is 0 Å². The molecule has 0 atom stereocenters. The van der Waals surface area contributed by atoms with Crippen LogP contribution in [-0.4, -0.2) is 37.6 Å². The summed E-state index contributed by atoms with van der Waals surface area (Å²) in [4.78, 5) is 23.1. The minimum Gasteiger partial charge on any atom is -0.369 e. The lowest BCUT2D eigenvalue weighted by atomic mass is 10.2. The van der Waals surface area contributed by atoms with Crippen LogP contribution in [-0.2, 0) is 9.53 Å². The third-order valence-electron chi connectivity index (χ3n) is 2.37. The van der Waals surface area contributed by atoms with Crippen LogP contribution in [0.15, 0.2) is 28.7 Å². The Labute approximate surface area is 127 Å². The Kier molecular flexibility index (Phi) is 7.25. The van der Waals surface area contributed by atoms with E-state index in [1.54, 1.807) is 18.2 Å². The second kappa shape index (κ2) is 8.71. The zero-order valence-electron chi connectivity index (χ0n) is 11.6. The van der Waals surface area contributed by atoms with Crippen molar-refractivity contribution >= 4 is 27.7 Å². The van der Waals surface area contributed by atoms with E-state index >= 15 is 0 Å². The van der Waals surface area contributed by atoms with Gasteiger partial charge in [-0.1, -0.05) is 22.0 Å². The van der Waals surface area contributed by atoms with E-state index in [-0.39, 0.29) is 24.5 Å². The molecule has 1 aromatic carbocycles. The van der Waals surface area contributed by atoms with Crippen molar-refractivity contribution in [3.05, 3.63) is 34.3 Å². The fourth-order valence-corrected chi connectivity index (χ4v) is 1.80. The summed E-state index contributed by atoms with van der Waals surface area (Å²) in [6.07, 6.45) is 0.0250. The first-order valence-electron chi connectivity index (χ1n) is 6.41. The summed E-state index contributed by atoms with van der Waals surface area (Å²) in [5.74, 6) is -0.352. The summed E-state index contributed by atoms with van der Waals surface area (Å²) in [5.41, 5.74) is 0.578. The highest BCUT2D eigenvalue weighted by atomic mass is 79.9. The van der Waals surface area contributed by atoms with E-state index < -0.39 is 0 Å². The number of ether oxygens (including phenoxy) is 1. The smallest absolute Gasteiger partial charge is 0.251 e. The van der Waals surface area contributed by atoms with Crippen LogP contribution in [0, 0.1) is 0 Å². The maximum Gasteiger partial charge on any atom is 0.251 e. The number of nitrogens with one attached hydrogen (secondary N) is 2. The predicted molar refractivity (Wildman–Crippen MR) is 80.6 cm³/mol. The number of carbonyl (C=O) groups excluding carboxylic acids is 2. The molecule has 20 heavy (non-hydrogen) atoms. The first-order chi connectivity index (χ1) is 9.49. The highest BCUT2D eigenvalue weighted by Crippen LogP contribution is 2.11. The molecule has 110 valence electrons. The van der Waals surface area contributed by atoms with Gasteiger partial charge in [-0.25, -0.2) is 0 Å². The molecule has 0 aliphatic carbocycles. The summed E-state index contributed by atoms with van der Waals surface area (Å²) in [6.45, 7) is 4.52. The average molecular weight is 343 g/mol. The van der Waals surface area contributed by atoms with Gasteiger partial charge in [-0.15, -0.1) is 0 Å². The van der Waals surface area contributed by atoms with Gasteiger partial charge in [-0.05, 0) is 32.0 Å². The Morgan fingerprint density at radius 3 is 2.60 bits per heavy atom. The summed E-state index contributed by atoms with van der Waals surface area (Å²) in [5, 5.41) is 5.40. The SMILES string of the molecule is CC(C)OCC(=O)NCCNC(=O)c1cccc(Br)c1. The molecule has 0 aliphatic heterocycles. The van der Waals surface area contributed by atoms with Crippen LogP contribution in [0.5, 0.6) is 0 Å². The number of rotatable bonds is 7. The van der Waals surface area contributed by atoms with Gasteiger partial charge in [-0.2, -0.15) is 0 Å². The van der Waals surface area contributed by atoms with Gasteiger partial charge in [-0.3, -0.25) is 9.59 Å². The summed E-state index contributed by atoms with van der Waals surface area (Å²) >= 11 is 3.31. The Balaban J connectivity index is 2.21. The number of benzene rings is 1. The quantitative estimate of drug-likeness (QED) is 0.741. The fourth-order valence-electron chi connectivity index (χ4n) is 1.40. The highest BCUT2D eigenvalue weighted by Gasteiger charge is 2.06. The maximum absolute atomic E-state index is 11.8. The Morgan fingerprint density at radius 1 is 1.25 bits per heavy atom. The Morgan fingerprint density at radius 2 is 1.95 bits per heavy atom. The second-order valence-corrected chi connectivity index (χ2v) is 5.39. The van der Waals surface area contributed by atoms with E-state index in [2.05, 4.69) is 26.6 Å². The molecule has 5 nitrogen and oxygen atoms in total. The van der Waals surface area contributed by atoms with Gasteiger partial charge in [0.15, 0.2) is 0 Å². The number of halogens is 1. The van der Waals surface area contributed by atoms with Crippen molar-refractivity contribution in [2.24, 2.45) is 0 Å². The van der Waals surface area contributed by atoms with E-state index in [0.717, 1.165) is 4.47 Å². The van der Waals surface area contributed by atoms with Gasteiger partial charge in [0.1, 0.15) is 6.61 Å². The number of amides is 2. The van der Waals surface area contributed by atoms with Crippen LogP contribution in [0.25, 0.3) is 0 Å². The normalized spacial score (nSPS) is 10.4. The molecule has 2 N–H and O–H groups in total. The van der Waals surface area contributed by atoms with E-state index in [0.29, 0.717) is 18.7 Å². The molecule has 0 saturated heterocycles. The zero-order valence-corrected chi connectivity index (χ0v) is 13.2. The van der Waals surface area contributed by atoms with Crippen molar-refractivity contribution in [3.63, 3.8) is 0 Å². The van der Waals surface area contributed by atoms with Crippen LogP contribution >= 0.6 is 15.9 Å². The molecule has 6 heteroatoms. The first kappa shape index (κ1) is 16.7. The van der Waals surface area contributed by atoms with E-state index in [1.165, 1.54) is 0 Å². The molecule has 1 rings (SSSR count). The molecule has 0 aromatic heterocycles. The molecule has 0 spiro atoms. The summed E-state index contributed by atoms with van der Waals surface area (Å²) in [6, 6.07) is 7.12. The van der Waals surface area contributed by atoms with Crippen molar-refractivity contribution in [1.82, 2.24) is 10.6 Å². The number of carbonyl (C=O) groups is 2. The van der Waals surface area contributed by atoms with Crippen LogP contribution in [0.2, 0.25) is 0 Å². The van der Waals surface area contributed by atoms with Gasteiger partial charge < -0.3 is 15.4 Å². The summed E-state index contributed by atoms with van der Waals surface area (Å²) in [7, 11) is 0. The van der Waals surface area contributed by atoms with E-state index in [9.17, 15) is 9.59 Å². The molecular formula is C14H19BrN2O3. The van der Waals surface area contributed by atoms with Gasteiger partial charge in [0.2, 0.25) is 5.91 Å². The largest absolute Gasteiger partial charge is 0.369 e. The highest BCUT2D eigenvalue weighted by molar-refractivity contribution is 9.10. The molecule has 0 saturated carbocycles. The zero-order chi connectivity index (χ0) is 15.0. The third kappa shape index (κ3) is 6.68. The van der Waals surface area contributed by atoms with Gasteiger partial charge in [0, 0.05) is 23.1 Å². The molecule has 0 radical (unpaired) electrons. The van der Waals surface area contributed by atoms with Gasteiger partial charge in [0.25, 0.3) is 5.91 Å². The van der Waals surface area contributed by atoms with Crippen LogP contribution < -0.4 is 10.6 Å². The molecular weight excluding hydrogens is 324 g/mol. The first-order valence-corrected chi connectivity index (χ1v) is 7.20. The minimum atomic E-state index is -0.185. The molecule has 0 heterocycles. The lowest BCUT2D eigenvalue weighted by molar-refractivity contribution is -0.127. The van der Waals surface area contributed by atoms with Crippen molar-refractivity contribution in [1.29, 1.82) is 0 Å². The lowest BCUT2D eigenvalue weighted by Crippen LogP contribution is -2.36. The molecule has 1 aromatic rings. The second-order valence-electron chi connectivity index (χ2n) is 4.48. The Hall–Kier alpha value is -1.40. The molecule has 0 fully saturated rings. The third-order valence-corrected chi connectivity index (χ3v) is 2.86. The van der Waals surface area contributed by atoms with Crippen LogP contribution in [0.1, 0.15) is 24.2 Å². The molecule has 0 bridgehead atoms. The van der Waals surface area contributed by atoms with E-state index in [1.807, 2.05) is 19.9 Å². The number of hydrogen-bond donors (Lipinski definition) is 2.